The fourth-order valence-corrected chi connectivity index (χ4v) is 6.23. The van der Waals surface area contributed by atoms with Crippen molar-refractivity contribution < 1.29 is 0 Å². The van der Waals surface area contributed by atoms with Crippen LogP contribution in [-0.4, -0.2) is 23.5 Å². The van der Waals surface area contributed by atoms with Crippen LogP contribution in [0, 0.1) is 5.41 Å². The van der Waals surface area contributed by atoms with Gasteiger partial charge >= 0.3 is 0 Å². The van der Waals surface area contributed by atoms with Crippen LogP contribution in [0.5, 0.6) is 0 Å². The molecule has 0 bridgehead atoms. The minimum atomic E-state index is 0.187. The highest BCUT2D eigenvalue weighted by Crippen LogP contribution is 2.46. The average Bonchev–Trinajstić information content (AvgIpc) is 3.17. The van der Waals surface area contributed by atoms with Crippen LogP contribution in [0.2, 0.25) is 0 Å². The summed E-state index contributed by atoms with van der Waals surface area (Å²) in [6.45, 7) is 6.99. The van der Waals surface area contributed by atoms with Gasteiger partial charge in [-0.25, -0.2) is 0 Å². The molecule has 0 atom stereocenters. The van der Waals surface area contributed by atoms with Crippen molar-refractivity contribution in [2.45, 2.75) is 27.2 Å². The number of pyridine rings is 2. The molecule has 0 spiro atoms. The van der Waals surface area contributed by atoms with E-state index in [2.05, 4.69) is 111 Å². The minimum absolute atomic E-state index is 0.187. The van der Waals surface area contributed by atoms with E-state index in [1.807, 2.05) is 6.20 Å². The summed E-state index contributed by atoms with van der Waals surface area (Å²) < 4.78 is 2.53. The van der Waals surface area contributed by atoms with E-state index in [0.717, 1.165) is 11.9 Å². The molecule has 3 heterocycles. The number of nitrogens with zero attached hydrogens (tertiary/aromatic N) is 3. The van der Waals surface area contributed by atoms with E-state index >= 15 is 0 Å². The van der Waals surface area contributed by atoms with Crippen LogP contribution < -0.4 is 4.90 Å². The Bertz CT molecular complexity index is 1930. The third-order valence-corrected chi connectivity index (χ3v) is 7.39. The predicted molar refractivity (Wildman–Crippen MR) is 151 cm³/mol. The van der Waals surface area contributed by atoms with E-state index in [1.165, 1.54) is 65.5 Å². The molecule has 0 unspecified atom stereocenters. The Hall–Kier alpha value is -3.85. The molecule has 0 aliphatic carbocycles. The topological polar surface area (TPSA) is 20.5 Å². The number of benzene rings is 4. The van der Waals surface area contributed by atoms with Crippen LogP contribution in [0.4, 0.5) is 5.69 Å². The van der Waals surface area contributed by atoms with Gasteiger partial charge in [0.05, 0.1) is 27.8 Å². The molecule has 0 amide bonds. The standard InChI is InChI=1S/C32H29N3/c1-32(2,3)18-21-16-20-14-15-33-28-24-17-19-10-6-7-11-22(19)29(34(4)5)30(24)35-25-13-9-8-12-23(25)26(21)31(35)27(20)28/h6-17H,18H2,1-5H3. The van der Waals surface area contributed by atoms with E-state index in [0.29, 0.717) is 0 Å². The van der Waals surface area contributed by atoms with Gasteiger partial charge in [-0.1, -0.05) is 69.3 Å². The molecular weight excluding hydrogens is 426 g/mol. The fraction of sp³-hybridized carbons (Fsp3) is 0.219. The largest absolute Gasteiger partial charge is 0.375 e. The molecule has 0 saturated heterocycles. The van der Waals surface area contributed by atoms with Crippen LogP contribution in [0.15, 0.2) is 72.9 Å². The minimum Gasteiger partial charge on any atom is -0.375 e. The summed E-state index contributed by atoms with van der Waals surface area (Å²) >= 11 is 0. The van der Waals surface area contributed by atoms with E-state index in [-0.39, 0.29) is 5.41 Å². The predicted octanol–water partition coefficient (Wildman–Crippen LogP) is 8.19. The van der Waals surface area contributed by atoms with Gasteiger partial charge in [0.15, 0.2) is 0 Å². The van der Waals surface area contributed by atoms with Crippen molar-refractivity contribution in [3.05, 3.63) is 78.5 Å². The molecule has 0 N–H and O–H groups in total. The third kappa shape index (κ3) is 2.75. The van der Waals surface area contributed by atoms with Crippen molar-refractivity contribution in [2.24, 2.45) is 5.41 Å². The number of hydrogen-bond donors (Lipinski definition) is 0. The first kappa shape index (κ1) is 20.5. The van der Waals surface area contributed by atoms with Crippen molar-refractivity contribution in [3.8, 4) is 0 Å². The van der Waals surface area contributed by atoms with E-state index in [4.69, 9.17) is 4.98 Å². The van der Waals surface area contributed by atoms with Crippen LogP contribution in [-0.2, 0) is 6.42 Å². The smallest absolute Gasteiger partial charge is 0.0823 e. The quantitative estimate of drug-likeness (QED) is 0.193. The Morgan fingerprint density at radius 1 is 0.771 bits per heavy atom. The highest BCUT2D eigenvalue weighted by molar-refractivity contribution is 6.31. The van der Waals surface area contributed by atoms with Gasteiger partial charge in [0.2, 0.25) is 0 Å². The second-order valence-electron chi connectivity index (χ2n) is 11.3. The summed E-state index contributed by atoms with van der Waals surface area (Å²) in [5.74, 6) is 0. The van der Waals surface area contributed by atoms with Crippen molar-refractivity contribution in [1.29, 1.82) is 0 Å². The lowest BCUT2D eigenvalue weighted by atomic mass is 9.85. The first-order valence-electron chi connectivity index (χ1n) is 12.4. The van der Waals surface area contributed by atoms with E-state index in [9.17, 15) is 0 Å². The Kier molecular flexibility index (Phi) is 4.02. The molecule has 3 heteroatoms. The molecule has 0 radical (unpaired) electrons. The molecule has 172 valence electrons. The summed E-state index contributed by atoms with van der Waals surface area (Å²) in [4.78, 5) is 7.28. The zero-order valence-electron chi connectivity index (χ0n) is 21.0. The molecule has 0 aliphatic rings. The molecule has 7 aromatic rings. The molecule has 7 rings (SSSR count). The van der Waals surface area contributed by atoms with Crippen molar-refractivity contribution in [2.75, 3.05) is 19.0 Å². The van der Waals surface area contributed by atoms with Crippen LogP contribution in [0.3, 0.4) is 0 Å². The molecule has 0 saturated carbocycles. The second-order valence-corrected chi connectivity index (χ2v) is 11.3. The maximum absolute atomic E-state index is 5.01. The Morgan fingerprint density at radius 2 is 1.51 bits per heavy atom. The monoisotopic (exact) mass is 455 g/mol. The molecule has 4 aromatic carbocycles. The van der Waals surface area contributed by atoms with Gasteiger partial charge in [0.1, 0.15) is 0 Å². The van der Waals surface area contributed by atoms with Crippen LogP contribution >= 0.6 is 0 Å². The maximum atomic E-state index is 5.01. The van der Waals surface area contributed by atoms with Gasteiger partial charge < -0.3 is 9.30 Å². The van der Waals surface area contributed by atoms with Gasteiger partial charge in [-0.2, -0.15) is 0 Å². The second kappa shape index (κ2) is 6.85. The van der Waals surface area contributed by atoms with E-state index < -0.39 is 0 Å². The van der Waals surface area contributed by atoms with Crippen LogP contribution in [0.25, 0.3) is 59.8 Å². The summed E-state index contributed by atoms with van der Waals surface area (Å²) in [7, 11) is 4.31. The SMILES string of the molecule is CN(C)c1c2ccccc2cc2c3nccc4cc(CC(C)(C)C)c5c6ccccc6n(c12)c5c43. The zero-order chi connectivity index (χ0) is 24.1. The first-order chi connectivity index (χ1) is 16.8. The summed E-state index contributed by atoms with van der Waals surface area (Å²) in [6, 6.07) is 24.6. The number of aromatic nitrogens is 2. The Morgan fingerprint density at radius 3 is 2.29 bits per heavy atom. The van der Waals surface area contributed by atoms with Gasteiger partial charge in [-0.15, -0.1) is 0 Å². The highest BCUT2D eigenvalue weighted by Gasteiger charge is 2.25. The highest BCUT2D eigenvalue weighted by atomic mass is 15.1. The van der Waals surface area contributed by atoms with E-state index in [1.54, 1.807) is 0 Å². The number of fused-ring (bicyclic) bond motifs is 7. The molecule has 35 heavy (non-hydrogen) atoms. The third-order valence-electron chi connectivity index (χ3n) is 7.39. The van der Waals surface area contributed by atoms with Gasteiger partial charge in [0.25, 0.3) is 0 Å². The number of anilines is 1. The molecule has 3 aromatic heterocycles. The number of hydrogen-bond acceptors (Lipinski definition) is 2. The Labute approximate surface area is 204 Å². The van der Waals surface area contributed by atoms with Gasteiger partial charge in [-0.05, 0) is 46.4 Å². The van der Waals surface area contributed by atoms with Gasteiger partial charge in [-0.3, -0.25) is 4.98 Å². The Balaban J connectivity index is 1.88. The van der Waals surface area contributed by atoms with Crippen molar-refractivity contribution in [1.82, 2.24) is 9.38 Å². The number of para-hydroxylation sites is 1. The molecule has 3 nitrogen and oxygen atoms in total. The summed E-state index contributed by atoms with van der Waals surface area (Å²) in [6.07, 6.45) is 3.01. The van der Waals surface area contributed by atoms with Gasteiger partial charge in [0, 0.05) is 47.2 Å². The average molecular weight is 456 g/mol. The van der Waals surface area contributed by atoms with Crippen molar-refractivity contribution >= 4 is 65.5 Å². The normalized spacial score (nSPS) is 12.8. The fourth-order valence-electron chi connectivity index (χ4n) is 6.23. The maximum Gasteiger partial charge on any atom is 0.0823 e. The first-order valence-corrected chi connectivity index (χ1v) is 12.4. The lowest BCUT2D eigenvalue weighted by Gasteiger charge is -2.23. The van der Waals surface area contributed by atoms with Crippen molar-refractivity contribution in [3.63, 3.8) is 0 Å². The molecule has 0 aliphatic heterocycles. The lowest BCUT2D eigenvalue weighted by molar-refractivity contribution is 0.413. The summed E-state index contributed by atoms with van der Waals surface area (Å²) in [5.41, 5.74) is 7.74. The molecular formula is C32H29N3. The zero-order valence-corrected chi connectivity index (χ0v) is 21.0. The molecule has 0 fully saturated rings. The summed E-state index contributed by atoms with van der Waals surface area (Å²) in [5, 5.41) is 8.96. The number of rotatable bonds is 2. The lowest BCUT2D eigenvalue weighted by Crippen LogP contribution is -2.12. The van der Waals surface area contributed by atoms with Crippen LogP contribution in [0.1, 0.15) is 26.3 Å².